The molecule has 0 bridgehead atoms. The Morgan fingerprint density at radius 1 is 1.23 bits per heavy atom. The van der Waals surface area contributed by atoms with Gasteiger partial charge < -0.3 is 20.5 Å². The molecular formula is C26H26F5N5O3. The second-order valence-electron chi connectivity index (χ2n) is 10.6. The third-order valence-electron chi connectivity index (χ3n) is 7.99. The third kappa shape index (κ3) is 5.16. The molecule has 3 amide bonds. The summed E-state index contributed by atoms with van der Waals surface area (Å²) in [6.07, 6.45) is -2.88. The molecule has 1 aliphatic carbocycles. The summed E-state index contributed by atoms with van der Waals surface area (Å²) >= 11 is 0. The molecule has 8 nitrogen and oxygen atoms in total. The molecule has 3 aliphatic rings. The van der Waals surface area contributed by atoms with E-state index in [9.17, 15) is 41.6 Å². The van der Waals surface area contributed by atoms with Crippen molar-refractivity contribution in [3.8, 4) is 6.07 Å². The van der Waals surface area contributed by atoms with E-state index >= 15 is 0 Å². The maximum absolute atomic E-state index is 14.3. The first-order valence-corrected chi connectivity index (χ1v) is 12.7. The smallest absolute Gasteiger partial charge is 0.271 e. The van der Waals surface area contributed by atoms with E-state index in [1.54, 1.807) is 0 Å². The van der Waals surface area contributed by atoms with Crippen LogP contribution in [-0.2, 0) is 9.59 Å². The minimum absolute atomic E-state index is 0.0307. The number of hydrogen-bond donors (Lipinski definition) is 3. The van der Waals surface area contributed by atoms with Crippen LogP contribution in [0, 0.1) is 34.9 Å². The number of carbonyl (C=O) groups is 3. The summed E-state index contributed by atoms with van der Waals surface area (Å²) in [7, 11) is 0. The van der Waals surface area contributed by atoms with Crippen molar-refractivity contribution >= 4 is 28.6 Å². The molecule has 5 atom stereocenters. The topological polar surface area (TPSA) is 118 Å². The number of aromatic amines is 1. The number of fused-ring (bicyclic) bond motifs is 2. The zero-order chi connectivity index (χ0) is 28.1. The van der Waals surface area contributed by atoms with Crippen LogP contribution in [-0.4, -0.2) is 58.7 Å². The lowest BCUT2D eigenvalue weighted by atomic mass is 9.90. The van der Waals surface area contributed by atoms with Crippen molar-refractivity contribution < 1.29 is 36.3 Å². The first-order chi connectivity index (χ1) is 18.5. The van der Waals surface area contributed by atoms with Crippen LogP contribution in [0.2, 0.25) is 0 Å². The van der Waals surface area contributed by atoms with Gasteiger partial charge >= 0.3 is 0 Å². The van der Waals surface area contributed by atoms with E-state index in [2.05, 4.69) is 15.6 Å². The Hall–Kier alpha value is -3.69. The molecule has 1 aromatic heterocycles. The van der Waals surface area contributed by atoms with Gasteiger partial charge in [0, 0.05) is 48.3 Å². The Bertz CT molecular complexity index is 1360. The van der Waals surface area contributed by atoms with Gasteiger partial charge in [-0.1, -0.05) is 0 Å². The predicted molar refractivity (Wildman–Crippen MR) is 127 cm³/mol. The summed E-state index contributed by atoms with van der Waals surface area (Å²) in [6, 6.07) is 2.27. The Labute approximate surface area is 219 Å². The fourth-order valence-electron chi connectivity index (χ4n) is 6.27. The SMILES string of the molecule is N#C[C@H](C[C@@H]1CCCNC1=O)NC(=O)[C@@H]1[C@H]2CC(F)(F)CC2CN1C(=O)c1cc2c(C(F)F)cc(F)cc2[nH]1. The molecule has 2 saturated heterocycles. The van der Waals surface area contributed by atoms with E-state index in [-0.39, 0.29) is 35.5 Å². The number of H-pyrrole nitrogens is 1. The number of halogens is 5. The highest BCUT2D eigenvalue weighted by Crippen LogP contribution is 2.50. The number of nitriles is 1. The van der Waals surface area contributed by atoms with Crippen LogP contribution in [0.3, 0.4) is 0 Å². The Morgan fingerprint density at radius 3 is 2.69 bits per heavy atom. The van der Waals surface area contributed by atoms with Crippen LogP contribution in [0.5, 0.6) is 0 Å². The highest BCUT2D eigenvalue weighted by atomic mass is 19.3. The molecule has 3 heterocycles. The number of aromatic nitrogens is 1. The zero-order valence-corrected chi connectivity index (χ0v) is 20.7. The average molecular weight is 552 g/mol. The van der Waals surface area contributed by atoms with Gasteiger partial charge in [0.15, 0.2) is 0 Å². The van der Waals surface area contributed by atoms with Crippen molar-refractivity contribution in [2.75, 3.05) is 13.1 Å². The normalized spacial score (nSPS) is 26.8. The third-order valence-corrected chi connectivity index (χ3v) is 7.99. The molecule has 3 N–H and O–H groups in total. The average Bonchev–Trinajstić information content (AvgIpc) is 3.53. The predicted octanol–water partition coefficient (Wildman–Crippen LogP) is 3.66. The van der Waals surface area contributed by atoms with Crippen LogP contribution < -0.4 is 10.6 Å². The highest BCUT2D eigenvalue weighted by Gasteiger charge is 2.58. The van der Waals surface area contributed by atoms with Crippen LogP contribution >= 0.6 is 0 Å². The molecule has 13 heteroatoms. The second kappa shape index (κ2) is 10.1. The molecule has 1 unspecified atom stereocenters. The van der Waals surface area contributed by atoms with Crippen molar-refractivity contribution in [3.63, 3.8) is 0 Å². The van der Waals surface area contributed by atoms with Crippen molar-refractivity contribution in [2.24, 2.45) is 17.8 Å². The fraction of sp³-hybridized carbons (Fsp3) is 0.538. The van der Waals surface area contributed by atoms with E-state index in [4.69, 9.17) is 0 Å². The Morgan fingerprint density at radius 2 is 2.00 bits per heavy atom. The second-order valence-corrected chi connectivity index (χ2v) is 10.6. The van der Waals surface area contributed by atoms with Gasteiger partial charge in [0.1, 0.15) is 23.6 Å². The molecule has 208 valence electrons. The Kier molecular flexibility index (Phi) is 6.99. The molecule has 1 saturated carbocycles. The number of benzene rings is 1. The number of nitrogens with zero attached hydrogens (tertiary/aromatic N) is 2. The minimum Gasteiger partial charge on any atom is -0.356 e. The van der Waals surface area contributed by atoms with E-state index in [1.165, 1.54) is 0 Å². The fourth-order valence-corrected chi connectivity index (χ4v) is 6.27. The summed E-state index contributed by atoms with van der Waals surface area (Å²) in [4.78, 5) is 42.8. The van der Waals surface area contributed by atoms with Crippen LogP contribution in [0.1, 0.15) is 54.6 Å². The maximum Gasteiger partial charge on any atom is 0.271 e. The number of hydrogen-bond acceptors (Lipinski definition) is 4. The van der Waals surface area contributed by atoms with Gasteiger partial charge in [0.2, 0.25) is 17.7 Å². The van der Waals surface area contributed by atoms with E-state index < -0.39 is 78.2 Å². The highest BCUT2D eigenvalue weighted by molar-refractivity contribution is 6.01. The van der Waals surface area contributed by atoms with Gasteiger partial charge in [-0.3, -0.25) is 14.4 Å². The summed E-state index contributed by atoms with van der Waals surface area (Å²) in [5, 5.41) is 14.8. The summed E-state index contributed by atoms with van der Waals surface area (Å²) < 4.78 is 69.4. The van der Waals surface area contributed by atoms with Crippen molar-refractivity contribution in [1.29, 1.82) is 5.26 Å². The van der Waals surface area contributed by atoms with E-state index in [0.717, 1.165) is 17.0 Å². The summed E-state index contributed by atoms with van der Waals surface area (Å²) in [5.41, 5.74) is -0.857. The molecule has 2 aromatic rings. The van der Waals surface area contributed by atoms with Crippen molar-refractivity contribution in [1.82, 2.24) is 20.5 Å². The lowest BCUT2D eigenvalue weighted by Gasteiger charge is -2.29. The van der Waals surface area contributed by atoms with Gasteiger partial charge in [-0.25, -0.2) is 22.0 Å². The van der Waals surface area contributed by atoms with Crippen molar-refractivity contribution in [2.45, 2.75) is 56.5 Å². The molecule has 5 rings (SSSR count). The van der Waals surface area contributed by atoms with E-state index in [1.807, 2.05) is 6.07 Å². The zero-order valence-electron chi connectivity index (χ0n) is 20.7. The first-order valence-electron chi connectivity index (χ1n) is 12.7. The number of amides is 3. The molecule has 2 aliphatic heterocycles. The molecule has 3 fully saturated rings. The van der Waals surface area contributed by atoms with Gasteiger partial charge in [0.05, 0.1) is 6.07 Å². The van der Waals surface area contributed by atoms with Crippen LogP contribution in [0.25, 0.3) is 10.9 Å². The molecule has 39 heavy (non-hydrogen) atoms. The number of carbonyl (C=O) groups excluding carboxylic acids is 3. The van der Waals surface area contributed by atoms with E-state index in [0.29, 0.717) is 25.5 Å². The Balaban J connectivity index is 1.41. The number of nitrogens with one attached hydrogen (secondary N) is 3. The van der Waals surface area contributed by atoms with Gasteiger partial charge in [-0.2, -0.15) is 5.26 Å². The number of rotatable bonds is 6. The number of likely N-dealkylation sites (tertiary alicyclic amines) is 1. The summed E-state index contributed by atoms with van der Waals surface area (Å²) in [6.45, 7) is 0.347. The number of alkyl halides is 4. The molecular weight excluding hydrogens is 525 g/mol. The van der Waals surface area contributed by atoms with Gasteiger partial charge in [0.25, 0.3) is 12.3 Å². The standard InChI is InChI=1S/C26H26F5N5O3/c27-14-5-17(22(28)29)16-7-20(35-19(16)6-14)25(39)36-11-13-8-26(30,31)9-18(13)21(36)24(38)34-15(10-32)4-12-2-1-3-33-23(12)37/h5-7,12-13,15,18,21-22,35H,1-4,8-9,11H2,(H,33,37)(H,34,38)/t12-,13?,15-,18-,21-/m0/s1. The molecule has 0 radical (unpaired) electrons. The lowest BCUT2D eigenvalue weighted by molar-refractivity contribution is -0.129. The number of piperidine rings is 1. The monoisotopic (exact) mass is 551 g/mol. The van der Waals surface area contributed by atoms with Crippen molar-refractivity contribution in [3.05, 3.63) is 35.3 Å². The quantitative estimate of drug-likeness (QED) is 0.475. The van der Waals surface area contributed by atoms with Crippen LogP contribution in [0.15, 0.2) is 18.2 Å². The van der Waals surface area contributed by atoms with Gasteiger partial charge in [-0.15, -0.1) is 0 Å². The molecule has 0 spiro atoms. The first kappa shape index (κ1) is 26.9. The lowest BCUT2D eigenvalue weighted by Crippen LogP contribution is -2.52. The maximum atomic E-state index is 14.3. The van der Waals surface area contributed by atoms with Gasteiger partial charge in [-0.05, 0) is 49.3 Å². The molecule has 1 aromatic carbocycles. The summed E-state index contributed by atoms with van der Waals surface area (Å²) in [5.74, 6) is -7.85. The minimum atomic E-state index is -3.03. The van der Waals surface area contributed by atoms with Crippen LogP contribution in [0.4, 0.5) is 22.0 Å². The largest absolute Gasteiger partial charge is 0.356 e.